The van der Waals surface area contributed by atoms with Gasteiger partial charge < -0.3 is 16.2 Å². The lowest BCUT2D eigenvalue weighted by molar-refractivity contribution is -0.139. The average Bonchev–Trinajstić information content (AvgIpc) is 2.53. The van der Waals surface area contributed by atoms with Gasteiger partial charge in [-0.05, 0) is 23.3 Å². The van der Waals surface area contributed by atoms with E-state index in [1.807, 2.05) is 0 Å². The van der Waals surface area contributed by atoms with Gasteiger partial charge in [0.15, 0.2) is 6.04 Å². The first kappa shape index (κ1) is 14.7. The number of hydrogen-bond donors (Lipinski definition) is 3. The van der Waals surface area contributed by atoms with Crippen molar-refractivity contribution in [3.63, 3.8) is 0 Å². The molecule has 108 valence electrons. The molecule has 0 aliphatic carbocycles. The zero-order valence-corrected chi connectivity index (χ0v) is 11.3. The maximum absolute atomic E-state index is 12.1. The highest BCUT2D eigenvalue weighted by molar-refractivity contribution is 5.96. The average molecular weight is 284 g/mol. The Balaban J connectivity index is 2.16. The largest absolute Gasteiger partial charge is 0.479 e. The van der Waals surface area contributed by atoms with Gasteiger partial charge in [-0.25, -0.2) is 4.79 Å². The smallest absolute Gasteiger partial charge is 0.330 e. The Kier molecular flexibility index (Phi) is 4.68. The van der Waals surface area contributed by atoms with Gasteiger partial charge in [-0.15, -0.1) is 0 Å². The number of nitrogens with two attached hydrogens (primary N) is 1. The fourth-order valence-corrected chi connectivity index (χ4v) is 1.94. The summed E-state index contributed by atoms with van der Waals surface area (Å²) in [4.78, 5) is 23.5. The topological polar surface area (TPSA) is 92.4 Å². The predicted molar refractivity (Wildman–Crippen MR) is 78.6 cm³/mol. The Morgan fingerprint density at radius 2 is 1.67 bits per heavy atom. The maximum Gasteiger partial charge on any atom is 0.330 e. The van der Waals surface area contributed by atoms with Crippen molar-refractivity contribution in [3.8, 4) is 0 Å². The molecular weight excluding hydrogens is 268 g/mol. The quantitative estimate of drug-likeness (QED) is 0.779. The first-order valence-electron chi connectivity index (χ1n) is 6.49. The third-order valence-electron chi connectivity index (χ3n) is 3.11. The number of carbonyl (C=O) groups is 2. The monoisotopic (exact) mass is 284 g/mol. The van der Waals surface area contributed by atoms with E-state index in [2.05, 4.69) is 5.32 Å². The van der Waals surface area contributed by atoms with Crippen molar-refractivity contribution >= 4 is 11.9 Å². The highest BCUT2D eigenvalue weighted by Gasteiger charge is 2.22. The summed E-state index contributed by atoms with van der Waals surface area (Å²) in [5.41, 5.74) is 7.32. The minimum absolute atomic E-state index is 0.393. The first-order valence-corrected chi connectivity index (χ1v) is 6.49. The maximum atomic E-state index is 12.1. The lowest BCUT2D eigenvalue weighted by Crippen LogP contribution is -2.33. The summed E-state index contributed by atoms with van der Waals surface area (Å²) >= 11 is 0. The molecular formula is C16H16N2O3. The number of amides is 1. The van der Waals surface area contributed by atoms with Crippen LogP contribution in [-0.4, -0.2) is 17.0 Å². The van der Waals surface area contributed by atoms with E-state index in [0.29, 0.717) is 17.7 Å². The van der Waals surface area contributed by atoms with Crippen LogP contribution in [0.5, 0.6) is 0 Å². The molecule has 5 nitrogen and oxygen atoms in total. The number of benzene rings is 2. The fourth-order valence-electron chi connectivity index (χ4n) is 1.94. The van der Waals surface area contributed by atoms with Gasteiger partial charge in [0.1, 0.15) is 0 Å². The highest BCUT2D eigenvalue weighted by Crippen LogP contribution is 2.14. The molecule has 0 saturated carbocycles. The molecule has 2 rings (SSSR count). The molecule has 5 heteroatoms. The second-order valence-electron chi connectivity index (χ2n) is 4.56. The lowest BCUT2D eigenvalue weighted by Gasteiger charge is -2.15. The van der Waals surface area contributed by atoms with Gasteiger partial charge in [-0.3, -0.25) is 4.79 Å². The third-order valence-corrected chi connectivity index (χ3v) is 3.11. The van der Waals surface area contributed by atoms with Crippen molar-refractivity contribution in [2.24, 2.45) is 5.73 Å². The third kappa shape index (κ3) is 3.67. The van der Waals surface area contributed by atoms with Gasteiger partial charge in [0, 0.05) is 12.1 Å². The summed E-state index contributed by atoms with van der Waals surface area (Å²) in [7, 11) is 0. The van der Waals surface area contributed by atoms with Crippen LogP contribution in [0, 0.1) is 0 Å². The van der Waals surface area contributed by atoms with E-state index >= 15 is 0 Å². The molecule has 0 saturated heterocycles. The summed E-state index contributed by atoms with van der Waals surface area (Å²) in [6.45, 7) is 0.393. The molecule has 0 radical (unpaired) electrons. The highest BCUT2D eigenvalue weighted by atomic mass is 16.4. The summed E-state index contributed by atoms with van der Waals surface area (Å²) in [6, 6.07) is 14.2. The zero-order valence-electron chi connectivity index (χ0n) is 11.3. The second-order valence-corrected chi connectivity index (χ2v) is 4.56. The van der Waals surface area contributed by atoms with Crippen LogP contribution in [0.2, 0.25) is 0 Å². The van der Waals surface area contributed by atoms with Gasteiger partial charge in [-0.1, -0.05) is 42.5 Å². The van der Waals surface area contributed by atoms with Gasteiger partial charge >= 0.3 is 5.97 Å². The fraction of sp³-hybridized carbons (Fsp3) is 0.125. The van der Waals surface area contributed by atoms with E-state index in [-0.39, 0.29) is 0 Å². The summed E-state index contributed by atoms with van der Waals surface area (Å²) in [6.07, 6.45) is 0. The van der Waals surface area contributed by atoms with Gasteiger partial charge in [0.2, 0.25) is 0 Å². The lowest BCUT2D eigenvalue weighted by atomic mass is 10.1. The normalized spacial score (nSPS) is 11.7. The molecule has 2 aromatic rings. The number of aliphatic carboxylic acids is 1. The summed E-state index contributed by atoms with van der Waals surface area (Å²) in [5.74, 6) is -1.54. The number of carboxylic acids is 1. The van der Waals surface area contributed by atoms with E-state index in [4.69, 9.17) is 5.73 Å². The molecule has 0 aliphatic heterocycles. The van der Waals surface area contributed by atoms with E-state index in [1.165, 1.54) is 0 Å². The van der Waals surface area contributed by atoms with Crippen LogP contribution < -0.4 is 11.1 Å². The Hall–Kier alpha value is -2.66. The number of carboxylic acid groups (broad SMARTS) is 1. The molecule has 0 unspecified atom stereocenters. The Bertz CT molecular complexity index is 624. The SMILES string of the molecule is NCc1ccc(C(=O)N[C@@H](C(=O)O)c2ccccc2)cc1. The van der Waals surface area contributed by atoms with Crippen LogP contribution in [0.25, 0.3) is 0 Å². The molecule has 0 aromatic heterocycles. The molecule has 0 spiro atoms. The number of hydrogen-bond acceptors (Lipinski definition) is 3. The number of carbonyl (C=O) groups excluding carboxylic acids is 1. The van der Waals surface area contributed by atoms with Crippen molar-refractivity contribution in [1.82, 2.24) is 5.32 Å². The standard InChI is InChI=1S/C16H16N2O3/c17-10-11-6-8-13(9-7-11)15(19)18-14(16(20)21)12-4-2-1-3-5-12/h1-9,14H,10,17H2,(H,18,19)(H,20,21)/t14-/m1/s1. The summed E-state index contributed by atoms with van der Waals surface area (Å²) in [5, 5.41) is 11.8. The van der Waals surface area contributed by atoms with Crippen molar-refractivity contribution in [2.75, 3.05) is 0 Å². The van der Waals surface area contributed by atoms with E-state index in [1.54, 1.807) is 54.6 Å². The van der Waals surface area contributed by atoms with Crippen LogP contribution >= 0.6 is 0 Å². The van der Waals surface area contributed by atoms with E-state index in [0.717, 1.165) is 5.56 Å². The minimum Gasteiger partial charge on any atom is -0.479 e. The van der Waals surface area contributed by atoms with Gasteiger partial charge in [0.05, 0.1) is 0 Å². The van der Waals surface area contributed by atoms with Gasteiger partial charge in [0.25, 0.3) is 5.91 Å². The number of nitrogens with one attached hydrogen (secondary N) is 1. The Morgan fingerprint density at radius 1 is 1.05 bits per heavy atom. The summed E-state index contributed by atoms with van der Waals surface area (Å²) < 4.78 is 0. The van der Waals surface area contributed by atoms with Crippen molar-refractivity contribution in [2.45, 2.75) is 12.6 Å². The Labute approximate surface area is 122 Å². The van der Waals surface area contributed by atoms with Crippen molar-refractivity contribution < 1.29 is 14.7 Å². The van der Waals surface area contributed by atoms with Crippen LogP contribution in [0.15, 0.2) is 54.6 Å². The van der Waals surface area contributed by atoms with E-state index < -0.39 is 17.9 Å². The van der Waals surface area contributed by atoms with Crippen molar-refractivity contribution in [1.29, 1.82) is 0 Å². The zero-order chi connectivity index (χ0) is 15.2. The van der Waals surface area contributed by atoms with Crippen molar-refractivity contribution in [3.05, 3.63) is 71.3 Å². The molecule has 0 heterocycles. The van der Waals surface area contributed by atoms with Crippen LogP contribution in [0.1, 0.15) is 27.5 Å². The number of rotatable bonds is 5. The minimum atomic E-state index is -1.10. The molecule has 0 aliphatic rings. The first-order chi connectivity index (χ1) is 10.1. The van der Waals surface area contributed by atoms with Gasteiger partial charge in [-0.2, -0.15) is 0 Å². The molecule has 0 fully saturated rings. The molecule has 1 amide bonds. The van der Waals surface area contributed by atoms with Crippen LogP contribution in [0.3, 0.4) is 0 Å². The molecule has 0 bridgehead atoms. The predicted octanol–water partition coefficient (Wildman–Crippen LogP) is 1.70. The van der Waals surface area contributed by atoms with Crippen LogP contribution in [0.4, 0.5) is 0 Å². The Morgan fingerprint density at radius 3 is 2.19 bits per heavy atom. The van der Waals surface area contributed by atoms with E-state index in [9.17, 15) is 14.7 Å². The molecule has 21 heavy (non-hydrogen) atoms. The van der Waals surface area contributed by atoms with Crippen LogP contribution in [-0.2, 0) is 11.3 Å². The molecule has 4 N–H and O–H groups in total. The molecule has 2 aromatic carbocycles. The second kappa shape index (κ2) is 6.67. The molecule has 1 atom stereocenters.